The third-order valence-electron chi connectivity index (χ3n) is 3.16. The number of furan rings is 1. The molecule has 0 atom stereocenters. The molecule has 0 spiro atoms. The maximum Gasteiger partial charge on any atom is 0.195 e. The zero-order valence-electron chi connectivity index (χ0n) is 13.8. The highest BCUT2D eigenvalue weighted by atomic mass is 127. The van der Waals surface area contributed by atoms with Crippen molar-refractivity contribution >= 4 is 51.6 Å². The summed E-state index contributed by atoms with van der Waals surface area (Å²) < 4.78 is 16.7. The van der Waals surface area contributed by atoms with Crippen LogP contribution in [0.5, 0.6) is 11.5 Å². The molecule has 0 saturated carbocycles. The maximum atomic E-state index is 5.46. The van der Waals surface area contributed by atoms with E-state index in [1.165, 1.54) is 0 Å². The van der Waals surface area contributed by atoms with Crippen molar-refractivity contribution < 1.29 is 13.9 Å². The van der Waals surface area contributed by atoms with Crippen LogP contribution in [0.15, 0.2) is 44.4 Å². The molecule has 0 aliphatic carbocycles. The number of nitrogens with zero attached hydrogens (tertiary/aromatic N) is 1. The van der Waals surface area contributed by atoms with E-state index in [1.54, 1.807) is 21.3 Å². The molecule has 24 heavy (non-hydrogen) atoms. The van der Waals surface area contributed by atoms with E-state index in [1.807, 2.05) is 30.3 Å². The number of hydrogen-bond donors (Lipinski definition) is 2. The lowest BCUT2D eigenvalue weighted by molar-refractivity contribution is 0.355. The molecule has 2 N–H and O–H groups in total. The summed E-state index contributed by atoms with van der Waals surface area (Å²) in [6.45, 7) is 0.701. The lowest BCUT2D eigenvalue weighted by atomic mass is 10.2. The number of nitrogens with one attached hydrogen (secondary N) is 2. The minimum absolute atomic E-state index is 0. The molecule has 132 valence electrons. The van der Waals surface area contributed by atoms with Gasteiger partial charge in [-0.1, -0.05) is 0 Å². The summed E-state index contributed by atoms with van der Waals surface area (Å²) in [5.74, 6) is 2.92. The molecule has 6 nitrogen and oxygen atoms in total. The van der Waals surface area contributed by atoms with Gasteiger partial charge in [-0.3, -0.25) is 4.99 Å². The zero-order valence-corrected chi connectivity index (χ0v) is 17.7. The van der Waals surface area contributed by atoms with Gasteiger partial charge in [0.25, 0.3) is 0 Å². The van der Waals surface area contributed by atoms with Gasteiger partial charge in [-0.15, -0.1) is 24.0 Å². The Morgan fingerprint density at radius 2 is 1.92 bits per heavy atom. The minimum atomic E-state index is 0. The highest BCUT2D eigenvalue weighted by Crippen LogP contribution is 2.29. The number of aliphatic imine (C=N–C) groups is 1. The van der Waals surface area contributed by atoms with Gasteiger partial charge < -0.3 is 24.5 Å². The molecular weight excluding hydrogens is 489 g/mol. The average Bonchev–Trinajstić information content (AvgIpc) is 2.99. The van der Waals surface area contributed by atoms with E-state index in [9.17, 15) is 0 Å². The van der Waals surface area contributed by atoms with Gasteiger partial charge in [0.1, 0.15) is 5.76 Å². The van der Waals surface area contributed by atoms with E-state index in [0.717, 1.165) is 22.5 Å². The van der Waals surface area contributed by atoms with Crippen LogP contribution in [0.2, 0.25) is 0 Å². The highest BCUT2D eigenvalue weighted by molar-refractivity contribution is 14.0. The number of rotatable bonds is 6. The summed E-state index contributed by atoms with van der Waals surface area (Å²) in [5, 5.41) is 6.44. The molecule has 1 aromatic heterocycles. The molecule has 0 unspecified atom stereocenters. The lowest BCUT2D eigenvalue weighted by Crippen LogP contribution is -2.32. The van der Waals surface area contributed by atoms with Crippen LogP contribution >= 0.6 is 39.9 Å². The van der Waals surface area contributed by atoms with Crippen LogP contribution in [0.1, 0.15) is 5.76 Å². The van der Waals surface area contributed by atoms with Gasteiger partial charge in [-0.2, -0.15) is 0 Å². The average molecular weight is 510 g/mol. The molecule has 0 bridgehead atoms. The van der Waals surface area contributed by atoms with Crippen molar-refractivity contribution in [3.8, 4) is 11.5 Å². The van der Waals surface area contributed by atoms with Crippen molar-refractivity contribution in [2.45, 2.75) is 6.42 Å². The van der Waals surface area contributed by atoms with Crippen LogP contribution in [0, 0.1) is 0 Å². The minimum Gasteiger partial charge on any atom is -0.493 e. The molecular formula is C16H21BrIN3O3. The number of halogens is 2. The quantitative estimate of drug-likeness (QED) is 0.351. The maximum absolute atomic E-state index is 5.46. The predicted molar refractivity (Wildman–Crippen MR) is 110 cm³/mol. The molecule has 0 aliphatic heterocycles. The summed E-state index contributed by atoms with van der Waals surface area (Å²) in [6.07, 6.45) is 0.762. The van der Waals surface area contributed by atoms with Crippen LogP contribution in [-0.2, 0) is 6.42 Å². The number of hydrogen-bond acceptors (Lipinski definition) is 4. The molecule has 1 aromatic carbocycles. The van der Waals surface area contributed by atoms with E-state index in [0.29, 0.717) is 24.0 Å². The van der Waals surface area contributed by atoms with Gasteiger partial charge in [0.15, 0.2) is 22.1 Å². The van der Waals surface area contributed by atoms with Gasteiger partial charge in [-0.05, 0) is 40.2 Å². The van der Waals surface area contributed by atoms with Crippen molar-refractivity contribution in [1.82, 2.24) is 5.32 Å². The number of guanidine groups is 1. The number of ether oxygens (including phenoxy) is 2. The predicted octanol–water partition coefficient (Wildman–Crippen LogP) is 3.91. The summed E-state index contributed by atoms with van der Waals surface area (Å²) in [5.41, 5.74) is 0.858. The Hall–Kier alpha value is -1.42. The fraction of sp³-hybridized carbons (Fsp3) is 0.312. The highest BCUT2D eigenvalue weighted by Gasteiger charge is 2.06. The topological polar surface area (TPSA) is 68.0 Å². The SMILES string of the molecule is CN=C(NCCc1ccc(Br)o1)Nc1ccc(OC)c(OC)c1.I. The van der Waals surface area contributed by atoms with E-state index >= 15 is 0 Å². The Bertz CT molecular complexity index is 676. The fourth-order valence-corrected chi connectivity index (χ4v) is 2.36. The number of methoxy groups -OCH3 is 2. The molecule has 2 rings (SSSR count). The summed E-state index contributed by atoms with van der Waals surface area (Å²) in [7, 11) is 4.94. The van der Waals surface area contributed by atoms with E-state index in [-0.39, 0.29) is 24.0 Å². The second-order valence-electron chi connectivity index (χ2n) is 4.65. The molecule has 0 fully saturated rings. The first-order valence-electron chi connectivity index (χ1n) is 7.10. The van der Waals surface area contributed by atoms with Crippen molar-refractivity contribution in [3.63, 3.8) is 0 Å². The molecule has 8 heteroatoms. The Kier molecular flexibility index (Phi) is 8.98. The summed E-state index contributed by atoms with van der Waals surface area (Å²) in [4.78, 5) is 4.20. The first-order valence-corrected chi connectivity index (χ1v) is 7.89. The van der Waals surface area contributed by atoms with Crippen molar-refractivity contribution in [1.29, 1.82) is 0 Å². The Morgan fingerprint density at radius 1 is 1.17 bits per heavy atom. The van der Waals surface area contributed by atoms with Gasteiger partial charge in [0.05, 0.1) is 14.2 Å². The number of anilines is 1. The van der Waals surface area contributed by atoms with Gasteiger partial charge in [0, 0.05) is 31.8 Å². The second-order valence-corrected chi connectivity index (χ2v) is 5.43. The molecule has 1 heterocycles. The van der Waals surface area contributed by atoms with Crippen molar-refractivity contribution in [3.05, 3.63) is 40.8 Å². The Morgan fingerprint density at radius 3 is 2.50 bits per heavy atom. The standard InChI is InChI=1S/C16H20BrN3O3.HI/c1-18-16(19-9-8-12-5-7-15(17)23-12)20-11-4-6-13(21-2)14(10-11)22-3;/h4-7,10H,8-9H2,1-3H3,(H2,18,19,20);1H. The van der Waals surface area contributed by atoms with Gasteiger partial charge >= 0.3 is 0 Å². The van der Waals surface area contributed by atoms with Crippen LogP contribution < -0.4 is 20.1 Å². The third-order valence-corrected chi connectivity index (χ3v) is 3.59. The molecule has 0 radical (unpaired) electrons. The molecule has 2 aromatic rings. The van der Waals surface area contributed by atoms with Crippen LogP contribution in [0.4, 0.5) is 5.69 Å². The largest absolute Gasteiger partial charge is 0.493 e. The Labute approximate surface area is 167 Å². The smallest absolute Gasteiger partial charge is 0.195 e. The number of benzene rings is 1. The summed E-state index contributed by atoms with van der Waals surface area (Å²) in [6, 6.07) is 9.42. The molecule has 0 amide bonds. The van der Waals surface area contributed by atoms with Crippen molar-refractivity contribution in [2.24, 2.45) is 4.99 Å². The normalized spacial score (nSPS) is 10.8. The van der Waals surface area contributed by atoms with Crippen LogP contribution in [-0.4, -0.2) is 33.8 Å². The monoisotopic (exact) mass is 509 g/mol. The van der Waals surface area contributed by atoms with Crippen LogP contribution in [0.25, 0.3) is 0 Å². The van der Waals surface area contributed by atoms with Gasteiger partial charge in [0.2, 0.25) is 0 Å². The van der Waals surface area contributed by atoms with Crippen molar-refractivity contribution in [2.75, 3.05) is 33.1 Å². The zero-order chi connectivity index (χ0) is 16.7. The molecule has 0 aliphatic rings. The van der Waals surface area contributed by atoms with E-state index in [2.05, 4.69) is 31.6 Å². The lowest BCUT2D eigenvalue weighted by Gasteiger charge is -2.13. The third kappa shape index (κ3) is 5.90. The van der Waals surface area contributed by atoms with E-state index in [4.69, 9.17) is 13.9 Å². The Balaban J connectivity index is 0.00000288. The molecule has 0 saturated heterocycles. The first-order chi connectivity index (χ1) is 11.2. The summed E-state index contributed by atoms with van der Waals surface area (Å²) >= 11 is 3.29. The van der Waals surface area contributed by atoms with Gasteiger partial charge in [-0.25, -0.2) is 0 Å². The van der Waals surface area contributed by atoms with E-state index < -0.39 is 0 Å². The first kappa shape index (κ1) is 20.6. The second kappa shape index (κ2) is 10.4. The van der Waals surface area contributed by atoms with Crippen LogP contribution in [0.3, 0.4) is 0 Å². The fourth-order valence-electron chi connectivity index (χ4n) is 2.02.